The first-order valence-corrected chi connectivity index (χ1v) is 6.30. The van der Waals surface area contributed by atoms with Crippen LogP contribution in [0.4, 0.5) is 0 Å². The molecule has 0 aliphatic heterocycles. The Morgan fingerprint density at radius 3 is 2.39 bits per heavy atom. The van der Waals surface area contributed by atoms with Crippen molar-refractivity contribution in [3.8, 4) is 5.75 Å². The highest BCUT2D eigenvalue weighted by molar-refractivity contribution is 5.80. The van der Waals surface area contributed by atoms with Crippen LogP contribution in [-0.2, 0) is 4.79 Å². The lowest BCUT2D eigenvalue weighted by Gasteiger charge is -2.15. The molecular formula is C14H22N2O2. The number of benzene rings is 1. The van der Waals surface area contributed by atoms with E-state index in [1.807, 2.05) is 31.2 Å². The third-order valence-electron chi connectivity index (χ3n) is 2.76. The van der Waals surface area contributed by atoms with Crippen molar-refractivity contribution in [2.24, 2.45) is 5.73 Å². The molecule has 100 valence electrons. The lowest BCUT2D eigenvalue weighted by atomic mass is 10.0. The number of nitrogens with two attached hydrogens (primary N) is 1. The molecule has 0 heterocycles. The van der Waals surface area contributed by atoms with E-state index in [0.717, 1.165) is 5.75 Å². The monoisotopic (exact) mass is 250 g/mol. The molecule has 1 unspecified atom stereocenters. The molecule has 4 heteroatoms. The van der Waals surface area contributed by atoms with Crippen LogP contribution in [0.2, 0.25) is 0 Å². The molecular weight excluding hydrogens is 228 g/mol. The zero-order valence-corrected chi connectivity index (χ0v) is 11.3. The third kappa shape index (κ3) is 4.37. The molecule has 1 atom stereocenters. The Kier molecular flexibility index (Phi) is 5.65. The van der Waals surface area contributed by atoms with Crippen molar-refractivity contribution in [3.05, 3.63) is 29.8 Å². The number of hydrogen-bond acceptors (Lipinski definition) is 3. The maximum Gasteiger partial charge on any atom is 0.238 e. The van der Waals surface area contributed by atoms with Crippen LogP contribution >= 0.6 is 0 Å². The number of rotatable bonds is 7. The Bertz CT molecular complexity index is 374. The Morgan fingerprint density at radius 2 is 1.94 bits per heavy atom. The number of amides is 1. The molecule has 0 saturated carbocycles. The highest BCUT2D eigenvalue weighted by atomic mass is 16.5. The second kappa shape index (κ2) is 7.01. The van der Waals surface area contributed by atoms with Gasteiger partial charge in [-0.25, -0.2) is 0 Å². The first-order valence-electron chi connectivity index (χ1n) is 6.30. The maximum absolute atomic E-state index is 11.1. The van der Waals surface area contributed by atoms with Gasteiger partial charge in [0.2, 0.25) is 5.91 Å². The van der Waals surface area contributed by atoms with Crippen molar-refractivity contribution in [2.45, 2.75) is 32.7 Å². The van der Waals surface area contributed by atoms with Crippen LogP contribution in [0.15, 0.2) is 24.3 Å². The van der Waals surface area contributed by atoms with Crippen molar-refractivity contribution in [2.75, 3.05) is 13.2 Å². The zero-order chi connectivity index (χ0) is 13.5. The van der Waals surface area contributed by atoms with Gasteiger partial charge in [0.1, 0.15) is 18.4 Å². The summed E-state index contributed by atoms with van der Waals surface area (Å²) in [6.45, 7) is 7.15. The van der Waals surface area contributed by atoms with Crippen LogP contribution < -0.4 is 15.8 Å². The van der Waals surface area contributed by atoms with Gasteiger partial charge < -0.3 is 15.8 Å². The van der Waals surface area contributed by atoms with Crippen LogP contribution in [0.25, 0.3) is 0 Å². The van der Waals surface area contributed by atoms with Gasteiger partial charge in [-0.3, -0.25) is 4.79 Å². The summed E-state index contributed by atoms with van der Waals surface area (Å²) in [5.74, 6) is 0.860. The average molecular weight is 250 g/mol. The highest BCUT2D eigenvalue weighted by Gasteiger charge is 2.14. The quantitative estimate of drug-likeness (QED) is 0.773. The molecule has 0 aliphatic carbocycles. The number of primary amides is 1. The van der Waals surface area contributed by atoms with E-state index in [9.17, 15) is 4.79 Å². The first-order chi connectivity index (χ1) is 8.54. The second-order valence-electron chi connectivity index (χ2n) is 4.55. The van der Waals surface area contributed by atoms with Crippen LogP contribution in [0.5, 0.6) is 5.75 Å². The summed E-state index contributed by atoms with van der Waals surface area (Å²) in [6, 6.07) is 7.46. The van der Waals surface area contributed by atoms with Gasteiger partial charge in [0, 0.05) is 0 Å². The van der Waals surface area contributed by atoms with Gasteiger partial charge in [0.25, 0.3) is 0 Å². The van der Waals surface area contributed by atoms with Gasteiger partial charge in [-0.2, -0.15) is 0 Å². The van der Waals surface area contributed by atoms with Crippen LogP contribution in [0.3, 0.4) is 0 Å². The predicted molar refractivity (Wildman–Crippen MR) is 72.7 cm³/mol. The van der Waals surface area contributed by atoms with E-state index in [1.54, 1.807) is 0 Å². The Hall–Kier alpha value is -1.55. The van der Waals surface area contributed by atoms with E-state index in [4.69, 9.17) is 10.5 Å². The molecule has 18 heavy (non-hydrogen) atoms. The fourth-order valence-electron chi connectivity index (χ4n) is 1.62. The number of carbonyl (C=O) groups excluding carboxylic acids is 1. The number of hydrogen-bond donors (Lipinski definition) is 2. The molecule has 1 aromatic rings. The smallest absolute Gasteiger partial charge is 0.238 e. The summed E-state index contributed by atoms with van der Waals surface area (Å²) in [5.41, 5.74) is 6.53. The molecule has 0 aliphatic rings. The fourth-order valence-corrected chi connectivity index (χ4v) is 1.62. The van der Waals surface area contributed by atoms with E-state index in [-0.39, 0.29) is 6.61 Å². The molecule has 0 bridgehead atoms. The lowest BCUT2D eigenvalue weighted by molar-refractivity contribution is -0.120. The molecule has 0 fully saturated rings. The summed E-state index contributed by atoms with van der Waals surface area (Å²) in [6.07, 6.45) is 0. The standard InChI is InChI=1S/C14H22N2O2/c1-4-16-13(14(15)17)9-18-12-7-5-11(6-8-12)10(2)3/h5-8,10,13,16H,4,9H2,1-3H3,(H2,15,17). The Morgan fingerprint density at radius 1 is 1.33 bits per heavy atom. The number of ether oxygens (including phenoxy) is 1. The molecule has 3 N–H and O–H groups in total. The molecule has 1 amide bonds. The SMILES string of the molecule is CCNC(COc1ccc(C(C)C)cc1)C(N)=O. The summed E-state index contributed by atoms with van der Waals surface area (Å²) in [5, 5.41) is 2.98. The van der Waals surface area contributed by atoms with Gasteiger partial charge in [-0.05, 0) is 30.2 Å². The minimum absolute atomic E-state index is 0.254. The number of nitrogens with one attached hydrogen (secondary N) is 1. The van der Waals surface area contributed by atoms with Gasteiger partial charge in [0.05, 0.1) is 0 Å². The lowest BCUT2D eigenvalue weighted by Crippen LogP contribution is -2.45. The third-order valence-corrected chi connectivity index (χ3v) is 2.76. The molecule has 1 aromatic carbocycles. The average Bonchev–Trinajstić information content (AvgIpc) is 2.34. The minimum atomic E-state index is -0.445. The van der Waals surface area contributed by atoms with Crippen molar-refractivity contribution in [3.63, 3.8) is 0 Å². The van der Waals surface area contributed by atoms with E-state index in [2.05, 4.69) is 19.2 Å². The normalized spacial score (nSPS) is 12.4. The molecule has 0 radical (unpaired) electrons. The van der Waals surface area contributed by atoms with Crippen LogP contribution in [-0.4, -0.2) is 25.1 Å². The Labute approximate surface area is 109 Å². The molecule has 4 nitrogen and oxygen atoms in total. The minimum Gasteiger partial charge on any atom is -0.491 e. The number of carbonyl (C=O) groups is 1. The predicted octanol–water partition coefficient (Wildman–Crippen LogP) is 1.65. The zero-order valence-electron chi connectivity index (χ0n) is 11.3. The highest BCUT2D eigenvalue weighted by Crippen LogP contribution is 2.18. The van der Waals surface area contributed by atoms with Crippen molar-refractivity contribution >= 4 is 5.91 Å². The van der Waals surface area contributed by atoms with Crippen molar-refractivity contribution in [1.82, 2.24) is 5.32 Å². The Balaban J connectivity index is 2.54. The number of likely N-dealkylation sites (N-methyl/N-ethyl adjacent to an activating group) is 1. The second-order valence-corrected chi connectivity index (χ2v) is 4.55. The van der Waals surface area contributed by atoms with Crippen LogP contribution in [0, 0.1) is 0 Å². The summed E-state index contributed by atoms with van der Waals surface area (Å²) < 4.78 is 5.55. The maximum atomic E-state index is 11.1. The van der Waals surface area contributed by atoms with E-state index >= 15 is 0 Å². The molecule has 1 rings (SSSR count). The van der Waals surface area contributed by atoms with E-state index in [1.165, 1.54) is 5.56 Å². The van der Waals surface area contributed by atoms with Gasteiger partial charge in [-0.1, -0.05) is 32.9 Å². The summed E-state index contributed by atoms with van der Waals surface area (Å²) >= 11 is 0. The molecule has 0 spiro atoms. The van der Waals surface area contributed by atoms with Crippen LogP contribution in [0.1, 0.15) is 32.3 Å². The summed E-state index contributed by atoms with van der Waals surface area (Å²) in [7, 11) is 0. The van der Waals surface area contributed by atoms with Gasteiger partial charge in [-0.15, -0.1) is 0 Å². The molecule has 0 saturated heterocycles. The molecule has 0 aromatic heterocycles. The first kappa shape index (κ1) is 14.5. The van der Waals surface area contributed by atoms with Gasteiger partial charge in [0.15, 0.2) is 0 Å². The topological polar surface area (TPSA) is 64.3 Å². The largest absolute Gasteiger partial charge is 0.491 e. The van der Waals surface area contributed by atoms with Gasteiger partial charge >= 0.3 is 0 Å². The van der Waals surface area contributed by atoms with Crippen molar-refractivity contribution in [1.29, 1.82) is 0 Å². The van der Waals surface area contributed by atoms with E-state index < -0.39 is 11.9 Å². The van der Waals surface area contributed by atoms with Crippen molar-refractivity contribution < 1.29 is 9.53 Å². The van der Waals surface area contributed by atoms with E-state index in [0.29, 0.717) is 12.5 Å². The fraction of sp³-hybridized carbons (Fsp3) is 0.500. The summed E-state index contributed by atoms with van der Waals surface area (Å²) in [4.78, 5) is 11.1.